The maximum absolute atomic E-state index is 11.2. The van der Waals surface area contributed by atoms with Gasteiger partial charge in [0.2, 0.25) is 0 Å². The van der Waals surface area contributed by atoms with Crippen LogP contribution in [0.15, 0.2) is 18.2 Å². The van der Waals surface area contributed by atoms with Gasteiger partial charge in [0.15, 0.2) is 5.78 Å². The monoisotopic (exact) mass is 235 g/mol. The minimum absolute atomic E-state index is 0.0126. The molecule has 1 aliphatic carbocycles. The van der Waals surface area contributed by atoms with Crippen LogP contribution in [-0.4, -0.2) is 35.2 Å². The predicted molar refractivity (Wildman–Crippen MR) is 65.6 cm³/mol. The molecule has 0 heterocycles. The molecule has 1 aromatic carbocycles. The molecule has 0 saturated heterocycles. The van der Waals surface area contributed by atoms with Gasteiger partial charge in [0.05, 0.1) is 12.2 Å². The summed E-state index contributed by atoms with van der Waals surface area (Å²) < 4.78 is 0. The van der Waals surface area contributed by atoms with Gasteiger partial charge in [-0.25, -0.2) is 0 Å². The average molecular weight is 235 g/mol. The molecule has 0 radical (unpaired) electrons. The molecule has 0 aromatic heterocycles. The van der Waals surface area contributed by atoms with Crippen LogP contribution in [0.5, 0.6) is 5.75 Å². The van der Waals surface area contributed by atoms with Gasteiger partial charge < -0.3 is 15.1 Å². The number of carbonyl (C=O) groups excluding carboxylic acids is 1. The number of aliphatic hydroxyl groups excluding tert-OH is 1. The van der Waals surface area contributed by atoms with Crippen molar-refractivity contribution in [3.05, 3.63) is 23.8 Å². The Kier molecular flexibility index (Phi) is 3.33. The topological polar surface area (TPSA) is 60.8 Å². The first kappa shape index (κ1) is 11.9. The van der Waals surface area contributed by atoms with Crippen LogP contribution in [0.1, 0.15) is 30.1 Å². The van der Waals surface area contributed by atoms with Crippen molar-refractivity contribution in [3.63, 3.8) is 0 Å². The number of phenols is 1. The number of phenolic OH excluding ortho intramolecular Hbond substituents is 1. The summed E-state index contributed by atoms with van der Waals surface area (Å²) in [5, 5.41) is 18.8. The molecule has 0 spiro atoms. The number of benzene rings is 1. The summed E-state index contributed by atoms with van der Waals surface area (Å²) in [4.78, 5) is 13.3. The van der Waals surface area contributed by atoms with Gasteiger partial charge in [-0.15, -0.1) is 0 Å². The molecule has 0 aliphatic heterocycles. The molecular formula is C13H17NO3. The van der Waals surface area contributed by atoms with Crippen molar-refractivity contribution < 1.29 is 15.0 Å². The Morgan fingerprint density at radius 1 is 1.47 bits per heavy atom. The summed E-state index contributed by atoms with van der Waals surface area (Å²) in [6.07, 6.45) is 2.24. The number of rotatable bonds is 5. The van der Waals surface area contributed by atoms with Gasteiger partial charge in [-0.05, 0) is 31.9 Å². The molecule has 0 atom stereocenters. The van der Waals surface area contributed by atoms with Crippen molar-refractivity contribution in [3.8, 4) is 5.75 Å². The van der Waals surface area contributed by atoms with Crippen LogP contribution in [0.25, 0.3) is 0 Å². The Hall–Kier alpha value is -1.55. The highest BCUT2D eigenvalue weighted by molar-refractivity contribution is 5.97. The molecule has 1 aromatic rings. The number of Topliss-reactive ketones (excluding diaryl/α,β-unsaturated/α-hetero) is 1. The lowest BCUT2D eigenvalue weighted by Crippen LogP contribution is -2.28. The van der Waals surface area contributed by atoms with E-state index >= 15 is 0 Å². The summed E-state index contributed by atoms with van der Waals surface area (Å²) in [7, 11) is 0. The molecule has 4 nitrogen and oxygen atoms in total. The van der Waals surface area contributed by atoms with E-state index in [9.17, 15) is 9.90 Å². The van der Waals surface area contributed by atoms with Gasteiger partial charge in [0, 0.05) is 24.3 Å². The number of hydrogen-bond acceptors (Lipinski definition) is 4. The number of aliphatic hydroxyl groups is 1. The van der Waals surface area contributed by atoms with E-state index in [2.05, 4.69) is 4.90 Å². The van der Waals surface area contributed by atoms with Crippen LogP contribution in [0.2, 0.25) is 0 Å². The standard InChI is InChI=1S/C13H17NO3/c1-9(16)12-5-4-11(8-13(12)17)14(6-7-15)10-2-3-10/h4-5,8,10,15,17H,2-3,6-7H2,1H3. The number of hydrogen-bond donors (Lipinski definition) is 2. The van der Waals surface area contributed by atoms with E-state index < -0.39 is 0 Å². The zero-order valence-corrected chi connectivity index (χ0v) is 9.89. The van der Waals surface area contributed by atoms with E-state index in [1.807, 2.05) is 6.07 Å². The van der Waals surface area contributed by atoms with E-state index in [0.29, 0.717) is 18.2 Å². The average Bonchev–Trinajstić information content (AvgIpc) is 3.09. The minimum Gasteiger partial charge on any atom is -0.507 e. The molecule has 0 bridgehead atoms. The zero-order valence-electron chi connectivity index (χ0n) is 9.89. The third-order valence-electron chi connectivity index (χ3n) is 3.02. The zero-order chi connectivity index (χ0) is 12.4. The maximum Gasteiger partial charge on any atom is 0.163 e. The van der Waals surface area contributed by atoms with Crippen LogP contribution in [-0.2, 0) is 0 Å². The Bertz CT molecular complexity index is 427. The first-order valence-corrected chi connectivity index (χ1v) is 5.85. The normalized spacial score (nSPS) is 14.7. The summed E-state index contributed by atoms with van der Waals surface area (Å²) in [5.74, 6) is -0.132. The van der Waals surface area contributed by atoms with Gasteiger partial charge in [-0.3, -0.25) is 4.79 Å². The lowest BCUT2D eigenvalue weighted by Gasteiger charge is -2.24. The molecular weight excluding hydrogens is 218 g/mol. The maximum atomic E-state index is 11.2. The molecule has 2 N–H and O–H groups in total. The molecule has 1 fully saturated rings. The highest BCUT2D eigenvalue weighted by Crippen LogP contribution is 2.33. The Balaban J connectivity index is 2.25. The van der Waals surface area contributed by atoms with Crippen LogP contribution in [0, 0.1) is 0 Å². The van der Waals surface area contributed by atoms with Gasteiger partial charge in [-0.2, -0.15) is 0 Å². The van der Waals surface area contributed by atoms with Crippen LogP contribution < -0.4 is 4.90 Å². The number of aromatic hydroxyl groups is 1. The van der Waals surface area contributed by atoms with Crippen molar-refractivity contribution in [1.29, 1.82) is 0 Å². The fourth-order valence-electron chi connectivity index (χ4n) is 2.01. The van der Waals surface area contributed by atoms with Gasteiger partial charge in [0.25, 0.3) is 0 Å². The molecule has 17 heavy (non-hydrogen) atoms. The predicted octanol–water partition coefficient (Wildman–Crippen LogP) is 1.56. The molecule has 2 rings (SSSR count). The Morgan fingerprint density at radius 3 is 2.65 bits per heavy atom. The van der Waals surface area contributed by atoms with E-state index in [0.717, 1.165) is 18.5 Å². The molecule has 4 heteroatoms. The highest BCUT2D eigenvalue weighted by Gasteiger charge is 2.29. The molecule has 1 saturated carbocycles. The number of carbonyl (C=O) groups is 1. The smallest absolute Gasteiger partial charge is 0.163 e. The largest absolute Gasteiger partial charge is 0.507 e. The van der Waals surface area contributed by atoms with E-state index in [-0.39, 0.29) is 18.1 Å². The lowest BCUT2D eigenvalue weighted by molar-refractivity contribution is 0.101. The van der Waals surface area contributed by atoms with E-state index in [4.69, 9.17) is 5.11 Å². The third kappa shape index (κ3) is 2.58. The van der Waals surface area contributed by atoms with Crippen molar-refractivity contribution in [2.24, 2.45) is 0 Å². The second-order valence-corrected chi connectivity index (χ2v) is 4.41. The number of nitrogens with zero attached hydrogens (tertiary/aromatic N) is 1. The second kappa shape index (κ2) is 4.75. The Morgan fingerprint density at radius 2 is 2.18 bits per heavy atom. The SMILES string of the molecule is CC(=O)c1ccc(N(CCO)C2CC2)cc1O. The van der Waals surface area contributed by atoms with Gasteiger partial charge >= 0.3 is 0 Å². The molecule has 0 unspecified atom stereocenters. The highest BCUT2D eigenvalue weighted by atomic mass is 16.3. The molecule has 1 aliphatic rings. The first-order chi connectivity index (χ1) is 8.13. The van der Waals surface area contributed by atoms with E-state index in [1.54, 1.807) is 12.1 Å². The Labute approximate surface area is 100 Å². The van der Waals surface area contributed by atoms with Crippen LogP contribution in [0.3, 0.4) is 0 Å². The summed E-state index contributed by atoms with van der Waals surface area (Å²) in [5.41, 5.74) is 1.21. The van der Waals surface area contributed by atoms with Crippen LogP contribution >= 0.6 is 0 Å². The fourth-order valence-corrected chi connectivity index (χ4v) is 2.01. The summed E-state index contributed by atoms with van der Waals surface area (Å²) in [6, 6.07) is 5.53. The van der Waals surface area contributed by atoms with Crippen molar-refractivity contribution in [2.45, 2.75) is 25.8 Å². The second-order valence-electron chi connectivity index (χ2n) is 4.41. The summed E-state index contributed by atoms with van der Waals surface area (Å²) in [6.45, 7) is 2.08. The van der Waals surface area contributed by atoms with E-state index in [1.165, 1.54) is 6.92 Å². The van der Waals surface area contributed by atoms with Crippen molar-refractivity contribution in [2.75, 3.05) is 18.1 Å². The minimum atomic E-state index is -0.144. The lowest BCUT2D eigenvalue weighted by atomic mass is 10.1. The van der Waals surface area contributed by atoms with Crippen molar-refractivity contribution >= 4 is 11.5 Å². The van der Waals surface area contributed by atoms with Crippen molar-refractivity contribution in [1.82, 2.24) is 0 Å². The number of anilines is 1. The third-order valence-corrected chi connectivity index (χ3v) is 3.02. The molecule has 92 valence electrons. The number of ketones is 1. The summed E-state index contributed by atoms with van der Waals surface area (Å²) >= 11 is 0. The van der Waals surface area contributed by atoms with Gasteiger partial charge in [-0.1, -0.05) is 0 Å². The molecule has 0 amide bonds. The first-order valence-electron chi connectivity index (χ1n) is 5.85. The quantitative estimate of drug-likeness (QED) is 0.760. The van der Waals surface area contributed by atoms with Gasteiger partial charge in [0.1, 0.15) is 5.75 Å². The fraction of sp³-hybridized carbons (Fsp3) is 0.462. The van der Waals surface area contributed by atoms with Crippen LogP contribution in [0.4, 0.5) is 5.69 Å².